The number of hydrogen-bond acceptors (Lipinski definition) is 9. The van der Waals surface area contributed by atoms with Gasteiger partial charge in [0.25, 0.3) is 0 Å². The van der Waals surface area contributed by atoms with Crippen LogP contribution in [0, 0.1) is 0 Å². The Bertz CT molecular complexity index is 432. The summed E-state index contributed by atoms with van der Waals surface area (Å²) >= 11 is 0. The summed E-state index contributed by atoms with van der Waals surface area (Å²) in [5.74, 6) is 0. The smallest absolute Gasteiger partial charge is 0.126 e. The first-order valence-corrected chi connectivity index (χ1v) is 6.86. The Morgan fingerprint density at radius 1 is 1.00 bits per heavy atom. The maximum absolute atomic E-state index is 9.83. The molecule has 0 aromatic carbocycles. The molecule has 0 saturated carbocycles. The van der Waals surface area contributed by atoms with Gasteiger partial charge in [-0.3, -0.25) is 9.97 Å². The Morgan fingerprint density at radius 2 is 1.64 bits per heavy atom. The number of hydrogen-bond donors (Lipinski definition) is 7. The highest BCUT2D eigenvalue weighted by Crippen LogP contribution is 2.16. The average Bonchev–Trinajstić information content (AvgIpc) is 2.57. The van der Waals surface area contributed by atoms with Crippen molar-refractivity contribution in [3.05, 3.63) is 23.8 Å². The van der Waals surface area contributed by atoms with Crippen LogP contribution in [0.4, 0.5) is 0 Å². The predicted molar refractivity (Wildman–Crippen MR) is 75.7 cm³/mol. The highest BCUT2D eigenvalue weighted by atomic mass is 16.4. The molecule has 9 nitrogen and oxygen atoms in total. The lowest BCUT2D eigenvalue weighted by atomic mass is 10.0. The molecule has 0 fully saturated rings. The number of aliphatic hydroxyl groups is 6. The van der Waals surface area contributed by atoms with Gasteiger partial charge < -0.3 is 36.0 Å². The van der Waals surface area contributed by atoms with E-state index in [1.54, 1.807) is 7.05 Å². The van der Waals surface area contributed by atoms with Crippen molar-refractivity contribution in [3.63, 3.8) is 0 Å². The summed E-state index contributed by atoms with van der Waals surface area (Å²) in [5, 5.41) is 58.8. The van der Waals surface area contributed by atoms with Crippen molar-refractivity contribution >= 4 is 0 Å². The molecular weight excluding hydrogens is 294 g/mol. The monoisotopic (exact) mass is 317 g/mol. The molecule has 7 N–H and O–H groups in total. The topological polar surface area (TPSA) is 159 Å². The quantitative estimate of drug-likeness (QED) is 0.248. The van der Waals surface area contributed by atoms with Crippen LogP contribution >= 0.6 is 0 Å². The van der Waals surface area contributed by atoms with Crippen LogP contribution in [-0.4, -0.2) is 85.2 Å². The zero-order chi connectivity index (χ0) is 16.7. The van der Waals surface area contributed by atoms with Crippen LogP contribution in [0.25, 0.3) is 0 Å². The van der Waals surface area contributed by atoms with E-state index in [-0.39, 0.29) is 12.3 Å². The van der Waals surface area contributed by atoms with E-state index in [4.69, 9.17) is 10.2 Å². The molecular formula is C13H23N3O6. The van der Waals surface area contributed by atoms with E-state index < -0.39 is 37.1 Å². The van der Waals surface area contributed by atoms with Gasteiger partial charge in [-0.2, -0.15) is 0 Å². The van der Waals surface area contributed by atoms with Gasteiger partial charge in [0.15, 0.2) is 0 Å². The number of likely N-dealkylation sites (N-methyl/N-ethyl adjacent to an activating group) is 1. The van der Waals surface area contributed by atoms with Gasteiger partial charge in [0.2, 0.25) is 0 Å². The van der Waals surface area contributed by atoms with Crippen molar-refractivity contribution in [1.82, 2.24) is 15.3 Å². The molecule has 0 saturated heterocycles. The zero-order valence-electron chi connectivity index (χ0n) is 12.2. The second kappa shape index (κ2) is 9.06. The molecule has 0 bridgehead atoms. The maximum Gasteiger partial charge on any atom is 0.126 e. The molecule has 0 aliphatic heterocycles. The molecule has 1 rings (SSSR count). The van der Waals surface area contributed by atoms with E-state index >= 15 is 0 Å². The minimum absolute atomic E-state index is 0.0486. The first kappa shape index (κ1) is 18.8. The van der Waals surface area contributed by atoms with Crippen molar-refractivity contribution in [2.45, 2.75) is 36.9 Å². The largest absolute Gasteiger partial charge is 0.394 e. The fourth-order valence-electron chi connectivity index (χ4n) is 1.90. The Hall–Kier alpha value is -1.20. The molecule has 1 aromatic rings. The van der Waals surface area contributed by atoms with Crippen molar-refractivity contribution in [2.24, 2.45) is 0 Å². The van der Waals surface area contributed by atoms with Crippen molar-refractivity contribution in [1.29, 1.82) is 0 Å². The number of rotatable bonds is 9. The van der Waals surface area contributed by atoms with Crippen LogP contribution in [-0.2, 0) is 6.42 Å². The number of nitrogens with one attached hydrogen (secondary N) is 1. The highest BCUT2D eigenvalue weighted by molar-refractivity contribution is 5.08. The van der Waals surface area contributed by atoms with Gasteiger partial charge in [-0.15, -0.1) is 0 Å². The minimum atomic E-state index is -1.58. The lowest BCUT2D eigenvalue weighted by Crippen LogP contribution is -2.41. The average molecular weight is 317 g/mol. The maximum atomic E-state index is 9.83. The first-order valence-electron chi connectivity index (χ1n) is 6.86. The van der Waals surface area contributed by atoms with Gasteiger partial charge in [-0.05, 0) is 7.05 Å². The molecule has 1 aromatic heterocycles. The minimum Gasteiger partial charge on any atom is -0.394 e. The molecule has 0 aliphatic rings. The fourth-order valence-corrected chi connectivity index (χ4v) is 1.90. The highest BCUT2D eigenvalue weighted by Gasteiger charge is 2.27. The van der Waals surface area contributed by atoms with Crippen molar-refractivity contribution < 1.29 is 30.6 Å². The molecule has 0 aliphatic carbocycles. The molecule has 9 heteroatoms. The second-order valence-corrected chi connectivity index (χ2v) is 4.97. The van der Waals surface area contributed by atoms with Gasteiger partial charge in [0, 0.05) is 18.7 Å². The summed E-state index contributed by atoms with van der Waals surface area (Å²) in [4.78, 5) is 8.01. The molecule has 0 spiro atoms. The van der Waals surface area contributed by atoms with Crippen LogP contribution in [0.2, 0.25) is 0 Å². The zero-order valence-corrected chi connectivity index (χ0v) is 12.2. The summed E-state index contributed by atoms with van der Waals surface area (Å²) in [5.41, 5.74) is 0.562. The van der Waals surface area contributed by atoms with Crippen LogP contribution < -0.4 is 5.32 Å². The lowest BCUT2D eigenvalue weighted by molar-refractivity contribution is -0.0790. The normalized spacial score (nSPS) is 18.5. The molecule has 0 amide bonds. The van der Waals surface area contributed by atoms with Gasteiger partial charge in [-0.1, -0.05) is 0 Å². The Morgan fingerprint density at radius 3 is 2.09 bits per heavy atom. The van der Waals surface area contributed by atoms with Crippen LogP contribution in [0.15, 0.2) is 12.4 Å². The lowest BCUT2D eigenvalue weighted by Gasteiger charge is -2.22. The Balaban J connectivity index is 2.73. The summed E-state index contributed by atoms with van der Waals surface area (Å²) in [6, 6.07) is -0.406. The summed E-state index contributed by atoms with van der Waals surface area (Å²) in [6.07, 6.45) is -2.57. The molecule has 0 unspecified atom stereocenters. The molecule has 5 atom stereocenters. The van der Waals surface area contributed by atoms with Crippen LogP contribution in [0.5, 0.6) is 0 Å². The second-order valence-electron chi connectivity index (χ2n) is 4.97. The van der Waals surface area contributed by atoms with Gasteiger partial charge >= 0.3 is 0 Å². The molecule has 0 radical (unpaired) electrons. The van der Waals surface area contributed by atoms with E-state index in [0.717, 1.165) is 0 Å². The van der Waals surface area contributed by atoms with E-state index in [0.29, 0.717) is 12.1 Å². The Labute approximate surface area is 127 Å². The third-order valence-electron chi connectivity index (χ3n) is 3.38. The first-order chi connectivity index (χ1) is 10.4. The van der Waals surface area contributed by atoms with Gasteiger partial charge in [0.05, 0.1) is 36.9 Å². The molecule has 1 heterocycles. The Kier molecular flexibility index (Phi) is 7.76. The van der Waals surface area contributed by atoms with Crippen molar-refractivity contribution in [2.75, 3.05) is 20.3 Å². The van der Waals surface area contributed by atoms with E-state index in [2.05, 4.69) is 15.3 Å². The van der Waals surface area contributed by atoms with E-state index in [1.165, 1.54) is 12.4 Å². The number of aliphatic hydroxyl groups excluding tert-OH is 6. The SMILES string of the molecule is CN[C@H](Cc1cnc([C@@H](O)[C@H](O)[C@H](O)CO)cn1)[C@H](O)CO. The number of aromatic nitrogens is 2. The predicted octanol–water partition coefficient (Wildman–Crippen LogP) is -3.29. The van der Waals surface area contributed by atoms with Crippen LogP contribution in [0.1, 0.15) is 17.5 Å². The third kappa shape index (κ3) is 4.92. The van der Waals surface area contributed by atoms with Gasteiger partial charge in [-0.25, -0.2) is 0 Å². The number of nitrogens with zero attached hydrogens (tertiary/aromatic N) is 2. The van der Waals surface area contributed by atoms with Gasteiger partial charge in [0.1, 0.15) is 18.3 Å². The molecule has 22 heavy (non-hydrogen) atoms. The van der Waals surface area contributed by atoms with E-state index in [1.807, 2.05) is 0 Å². The summed E-state index contributed by atoms with van der Waals surface area (Å²) in [7, 11) is 1.64. The fraction of sp³-hybridized carbons (Fsp3) is 0.692. The summed E-state index contributed by atoms with van der Waals surface area (Å²) in [6.45, 7) is -1.08. The summed E-state index contributed by atoms with van der Waals surface area (Å²) < 4.78 is 0. The standard InChI is InChI=1S/C13H23N3O6/c1-14-8(10(19)5-17)2-7-3-16-9(4-15-7)12(21)13(22)11(20)6-18/h3-4,8,10-14,17-22H,2,5-6H2,1H3/t8-,10-,11-,12-,13-/m1/s1. The third-order valence-corrected chi connectivity index (χ3v) is 3.38. The van der Waals surface area contributed by atoms with Crippen molar-refractivity contribution in [3.8, 4) is 0 Å². The van der Waals surface area contributed by atoms with E-state index in [9.17, 15) is 20.4 Å². The molecule has 126 valence electrons. The van der Waals surface area contributed by atoms with Crippen LogP contribution in [0.3, 0.4) is 0 Å².